The molecule has 0 radical (unpaired) electrons. The predicted molar refractivity (Wildman–Crippen MR) is 71.9 cm³/mol. The summed E-state index contributed by atoms with van der Waals surface area (Å²) in [5.74, 6) is 0. The number of thiocarbonyl (C=S) groups is 1. The number of allylic oxidation sites excluding steroid dienone is 1. The SMILES string of the molecule is CC1=C(C=Cc2ccccc2)NC(=S)NC1. The van der Waals surface area contributed by atoms with E-state index in [0.717, 1.165) is 12.2 Å². The van der Waals surface area contributed by atoms with Crippen LogP contribution < -0.4 is 10.6 Å². The molecule has 0 aromatic heterocycles. The van der Waals surface area contributed by atoms with Gasteiger partial charge in [-0.05, 0) is 36.4 Å². The molecule has 82 valence electrons. The van der Waals surface area contributed by atoms with Crippen molar-refractivity contribution in [3.05, 3.63) is 53.2 Å². The Kier molecular flexibility index (Phi) is 3.37. The van der Waals surface area contributed by atoms with Gasteiger partial charge in [-0.25, -0.2) is 0 Å². The molecule has 3 heteroatoms. The highest BCUT2D eigenvalue weighted by molar-refractivity contribution is 7.80. The molecule has 0 fully saturated rings. The van der Waals surface area contributed by atoms with Gasteiger partial charge in [0, 0.05) is 12.2 Å². The van der Waals surface area contributed by atoms with Gasteiger partial charge in [0.25, 0.3) is 0 Å². The smallest absolute Gasteiger partial charge is 0.171 e. The Hall–Kier alpha value is -1.61. The molecule has 0 aliphatic carbocycles. The van der Waals surface area contributed by atoms with E-state index < -0.39 is 0 Å². The fourth-order valence-electron chi connectivity index (χ4n) is 1.51. The van der Waals surface area contributed by atoms with Crippen molar-refractivity contribution in [2.24, 2.45) is 0 Å². The average molecular weight is 230 g/mol. The molecule has 16 heavy (non-hydrogen) atoms. The highest BCUT2D eigenvalue weighted by Gasteiger charge is 2.08. The van der Waals surface area contributed by atoms with Crippen molar-refractivity contribution in [3.8, 4) is 0 Å². The highest BCUT2D eigenvalue weighted by Crippen LogP contribution is 2.09. The number of benzene rings is 1. The average Bonchev–Trinajstić information content (AvgIpc) is 2.32. The fraction of sp³-hybridized carbons (Fsp3) is 0.154. The third-order valence-electron chi connectivity index (χ3n) is 2.46. The lowest BCUT2D eigenvalue weighted by Crippen LogP contribution is -2.40. The van der Waals surface area contributed by atoms with Crippen LogP contribution in [0.5, 0.6) is 0 Å². The Bertz CT molecular complexity index is 446. The van der Waals surface area contributed by atoms with Gasteiger partial charge in [0.2, 0.25) is 0 Å². The Balaban J connectivity index is 2.15. The minimum absolute atomic E-state index is 0.693. The molecule has 1 aliphatic rings. The minimum atomic E-state index is 0.693. The van der Waals surface area contributed by atoms with E-state index in [1.807, 2.05) is 18.2 Å². The first-order valence-corrected chi connectivity index (χ1v) is 5.64. The van der Waals surface area contributed by atoms with Crippen molar-refractivity contribution < 1.29 is 0 Å². The predicted octanol–water partition coefficient (Wildman–Crippen LogP) is 2.45. The maximum absolute atomic E-state index is 5.08. The summed E-state index contributed by atoms with van der Waals surface area (Å²) in [7, 11) is 0. The summed E-state index contributed by atoms with van der Waals surface area (Å²) in [6.45, 7) is 2.91. The van der Waals surface area contributed by atoms with Crippen LogP contribution in [0.15, 0.2) is 47.7 Å². The van der Waals surface area contributed by atoms with Crippen LogP contribution in [-0.2, 0) is 0 Å². The van der Waals surface area contributed by atoms with Gasteiger partial charge in [0.1, 0.15) is 0 Å². The molecule has 0 bridgehead atoms. The lowest BCUT2D eigenvalue weighted by Gasteiger charge is -2.20. The topological polar surface area (TPSA) is 24.1 Å². The van der Waals surface area contributed by atoms with E-state index in [2.05, 4.69) is 41.8 Å². The van der Waals surface area contributed by atoms with E-state index in [1.165, 1.54) is 11.1 Å². The second kappa shape index (κ2) is 4.94. The third-order valence-corrected chi connectivity index (χ3v) is 2.71. The molecule has 0 amide bonds. The number of hydrogen-bond donors (Lipinski definition) is 2. The molecule has 0 spiro atoms. The van der Waals surface area contributed by atoms with Crippen LogP contribution >= 0.6 is 12.2 Å². The maximum Gasteiger partial charge on any atom is 0.171 e. The number of rotatable bonds is 2. The van der Waals surface area contributed by atoms with Gasteiger partial charge < -0.3 is 10.6 Å². The van der Waals surface area contributed by atoms with Crippen molar-refractivity contribution in [1.29, 1.82) is 0 Å². The van der Waals surface area contributed by atoms with E-state index in [4.69, 9.17) is 12.2 Å². The van der Waals surface area contributed by atoms with Crippen LogP contribution in [0.2, 0.25) is 0 Å². The summed E-state index contributed by atoms with van der Waals surface area (Å²) in [6.07, 6.45) is 4.15. The summed E-state index contributed by atoms with van der Waals surface area (Å²) in [6, 6.07) is 10.2. The monoisotopic (exact) mass is 230 g/mol. The van der Waals surface area contributed by atoms with Gasteiger partial charge in [0.15, 0.2) is 5.11 Å². The third kappa shape index (κ3) is 2.70. The van der Waals surface area contributed by atoms with Gasteiger partial charge in [-0.2, -0.15) is 0 Å². The van der Waals surface area contributed by atoms with E-state index in [1.54, 1.807) is 0 Å². The number of hydrogen-bond acceptors (Lipinski definition) is 1. The summed E-state index contributed by atoms with van der Waals surface area (Å²) in [5.41, 5.74) is 3.54. The van der Waals surface area contributed by atoms with Crippen LogP contribution in [0.1, 0.15) is 12.5 Å². The van der Waals surface area contributed by atoms with E-state index in [-0.39, 0.29) is 0 Å². The van der Waals surface area contributed by atoms with Crippen molar-refractivity contribution >= 4 is 23.4 Å². The quantitative estimate of drug-likeness (QED) is 0.763. The lowest BCUT2D eigenvalue weighted by atomic mass is 10.1. The molecule has 2 N–H and O–H groups in total. The molecule has 1 heterocycles. The van der Waals surface area contributed by atoms with Gasteiger partial charge >= 0.3 is 0 Å². The molecular formula is C13H14N2S. The van der Waals surface area contributed by atoms with Crippen LogP contribution in [0.25, 0.3) is 6.08 Å². The standard InChI is InChI=1S/C13H14N2S/c1-10-9-14-13(16)15-12(10)8-7-11-5-3-2-4-6-11/h2-8H,9H2,1H3,(H2,14,15,16). The second-order valence-corrected chi connectivity index (χ2v) is 4.15. The molecule has 0 unspecified atom stereocenters. The molecule has 1 aromatic carbocycles. The van der Waals surface area contributed by atoms with Crippen molar-refractivity contribution in [3.63, 3.8) is 0 Å². The molecule has 0 atom stereocenters. The van der Waals surface area contributed by atoms with E-state index in [0.29, 0.717) is 5.11 Å². The van der Waals surface area contributed by atoms with Crippen LogP contribution in [0.4, 0.5) is 0 Å². The van der Waals surface area contributed by atoms with Crippen LogP contribution in [0.3, 0.4) is 0 Å². The molecule has 0 saturated carbocycles. The Morgan fingerprint density at radius 2 is 1.94 bits per heavy atom. The first-order valence-electron chi connectivity index (χ1n) is 5.23. The Morgan fingerprint density at radius 3 is 2.69 bits per heavy atom. The van der Waals surface area contributed by atoms with Gasteiger partial charge in [0.05, 0.1) is 0 Å². The van der Waals surface area contributed by atoms with E-state index >= 15 is 0 Å². The Labute approximate surface area is 101 Å². The zero-order valence-corrected chi connectivity index (χ0v) is 9.97. The Morgan fingerprint density at radius 1 is 1.19 bits per heavy atom. The van der Waals surface area contributed by atoms with Crippen molar-refractivity contribution in [1.82, 2.24) is 10.6 Å². The molecule has 0 saturated heterocycles. The van der Waals surface area contributed by atoms with Crippen LogP contribution in [0, 0.1) is 0 Å². The molecule has 2 nitrogen and oxygen atoms in total. The molecular weight excluding hydrogens is 216 g/mol. The normalized spacial score (nSPS) is 16.2. The van der Waals surface area contributed by atoms with Gasteiger partial charge in [-0.3, -0.25) is 0 Å². The molecule has 2 rings (SSSR count). The summed E-state index contributed by atoms with van der Waals surface area (Å²) in [5, 5.41) is 6.93. The molecule has 1 aliphatic heterocycles. The summed E-state index contributed by atoms with van der Waals surface area (Å²) in [4.78, 5) is 0. The van der Waals surface area contributed by atoms with Gasteiger partial charge in [-0.15, -0.1) is 0 Å². The largest absolute Gasteiger partial charge is 0.359 e. The van der Waals surface area contributed by atoms with E-state index in [9.17, 15) is 0 Å². The van der Waals surface area contributed by atoms with Crippen LogP contribution in [-0.4, -0.2) is 11.7 Å². The van der Waals surface area contributed by atoms with Gasteiger partial charge in [-0.1, -0.05) is 36.4 Å². The van der Waals surface area contributed by atoms with Crippen molar-refractivity contribution in [2.75, 3.05) is 6.54 Å². The molecule has 1 aromatic rings. The summed E-state index contributed by atoms with van der Waals surface area (Å²) < 4.78 is 0. The summed E-state index contributed by atoms with van der Waals surface area (Å²) >= 11 is 5.08. The second-order valence-electron chi connectivity index (χ2n) is 3.75. The highest BCUT2D eigenvalue weighted by atomic mass is 32.1. The maximum atomic E-state index is 5.08. The zero-order chi connectivity index (χ0) is 11.4. The minimum Gasteiger partial charge on any atom is -0.359 e. The van der Waals surface area contributed by atoms with Crippen molar-refractivity contribution in [2.45, 2.75) is 6.92 Å². The zero-order valence-electron chi connectivity index (χ0n) is 9.16. The first-order chi connectivity index (χ1) is 7.75. The fourth-order valence-corrected chi connectivity index (χ4v) is 1.69. The lowest BCUT2D eigenvalue weighted by molar-refractivity contribution is 0.882. The first kappa shape index (κ1) is 10.9. The number of nitrogens with one attached hydrogen (secondary N) is 2.